The van der Waals surface area contributed by atoms with Gasteiger partial charge < -0.3 is 19.5 Å². The lowest BCUT2D eigenvalue weighted by Gasteiger charge is -2.25. The maximum Gasteiger partial charge on any atom is 0.433 e. The summed E-state index contributed by atoms with van der Waals surface area (Å²) in [7, 11) is 1.56. The molecular weight excluding hydrogens is 472 g/mol. The van der Waals surface area contributed by atoms with E-state index in [1.807, 2.05) is 0 Å². The minimum atomic E-state index is -0.999. The van der Waals surface area contributed by atoms with Crippen LogP contribution in [0.25, 0.3) is 0 Å². The minimum Gasteiger partial charge on any atom is -0.497 e. The summed E-state index contributed by atoms with van der Waals surface area (Å²) < 4.78 is 15.5. The molecule has 8 heteroatoms. The van der Waals surface area contributed by atoms with Crippen molar-refractivity contribution in [2.45, 2.75) is 97.9 Å². The number of esters is 1. The zero-order valence-electron chi connectivity index (χ0n) is 23.3. The number of aliphatic imine (C=N–C) groups is 1. The first kappa shape index (κ1) is 32.1. The third kappa shape index (κ3) is 12.8. The maximum atomic E-state index is 12.9. The molecule has 2 atom stereocenters. The Bertz CT molecular complexity index is 837. The molecule has 0 bridgehead atoms. The van der Waals surface area contributed by atoms with Gasteiger partial charge in [-0.1, -0.05) is 65.2 Å². The monoisotopic (exact) mass is 518 g/mol. The molecule has 0 aliphatic rings. The highest BCUT2D eigenvalue weighted by Crippen LogP contribution is 2.20. The SMILES string of the molecule is CCCCCCCCCCCC(=O)N[C@@H](C(=O)OCC)[C@@H](C)/C(=N\C(=O)OCC)c1ccc(OC)cc1. The number of carbonyl (C=O) groups excluding carboxylic acids is 3. The van der Waals surface area contributed by atoms with E-state index < -0.39 is 24.0 Å². The number of rotatable bonds is 18. The Hall–Kier alpha value is -2.90. The standard InChI is InChI=1S/C29H46N2O6/c1-6-9-10-11-12-13-14-15-16-17-25(32)30-27(28(33)36-7-2)22(4)26(31-29(34)37-8-3)23-18-20-24(35-5)21-19-23/h18-22,27H,6-17H2,1-5H3,(H,30,32)/b31-26+/t22-,27+/m0/s1. The van der Waals surface area contributed by atoms with Crippen molar-refractivity contribution < 1.29 is 28.6 Å². The van der Waals surface area contributed by atoms with Crippen molar-refractivity contribution in [2.75, 3.05) is 20.3 Å². The molecule has 0 fully saturated rings. The van der Waals surface area contributed by atoms with Gasteiger partial charge in [-0.05, 0) is 50.1 Å². The summed E-state index contributed by atoms with van der Waals surface area (Å²) in [4.78, 5) is 42.0. The van der Waals surface area contributed by atoms with Crippen molar-refractivity contribution in [1.29, 1.82) is 0 Å². The predicted octanol–water partition coefficient (Wildman–Crippen LogP) is 6.25. The summed E-state index contributed by atoms with van der Waals surface area (Å²) >= 11 is 0. The molecule has 8 nitrogen and oxygen atoms in total. The summed E-state index contributed by atoms with van der Waals surface area (Å²) in [6.07, 6.45) is 9.93. The van der Waals surface area contributed by atoms with E-state index in [1.165, 1.54) is 38.5 Å². The summed E-state index contributed by atoms with van der Waals surface area (Å²) in [6, 6.07) is 5.98. The Morgan fingerprint density at radius 1 is 0.838 bits per heavy atom. The fraction of sp³-hybridized carbons (Fsp3) is 0.655. The second-order valence-electron chi connectivity index (χ2n) is 9.09. The van der Waals surface area contributed by atoms with E-state index in [0.717, 1.165) is 19.3 Å². The van der Waals surface area contributed by atoms with Crippen LogP contribution in [0.15, 0.2) is 29.3 Å². The molecular formula is C29H46N2O6. The first-order valence-corrected chi connectivity index (χ1v) is 13.7. The van der Waals surface area contributed by atoms with Crippen molar-refractivity contribution in [3.05, 3.63) is 29.8 Å². The fourth-order valence-electron chi connectivity index (χ4n) is 4.06. The first-order valence-electron chi connectivity index (χ1n) is 13.7. The molecule has 1 aromatic carbocycles. The summed E-state index contributed by atoms with van der Waals surface area (Å²) in [6.45, 7) is 7.69. The summed E-state index contributed by atoms with van der Waals surface area (Å²) in [5.41, 5.74) is 0.936. The Kier molecular flexibility index (Phi) is 16.7. The van der Waals surface area contributed by atoms with Crippen molar-refractivity contribution in [3.63, 3.8) is 0 Å². The second kappa shape index (κ2) is 19.2. The molecule has 0 radical (unpaired) electrons. The molecule has 208 valence electrons. The lowest BCUT2D eigenvalue weighted by atomic mass is 9.91. The number of ether oxygens (including phenoxy) is 3. The van der Waals surface area contributed by atoms with Gasteiger partial charge in [-0.15, -0.1) is 0 Å². The Morgan fingerprint density at radius 2 is 1.41 bits per heavy atom. The van der Waals surface area contributed by atoms with Crippen LogP contribution in [-0.2, 0) is 19.1 Å². The van der Waals surface area contributed by atoms with Crippen LogP contribution in [-0.4, -0.2) is 50.0 Å². The largest absolute Gasteiger partial charge is 0.497 e. The highest BCUT2D eigenvalue weighted by atomic mass is 16.5. The number of unbranched alkanes of at least 4 members (excludes halogenated alkanes) is 8. The number of hydrogen-bond acceptors (Lipinski definition) is 6. The van der Waals surface area contributed by atoms with Crippen molar-refractivity contribution in [3.8, 4) is 5.75 Å². The molecule has 0 saturated carbocycles. The van der Waals surface area contributed by atoms with Crippen LogP contribution >= 0.6 is 0 Å². The van der Waals surface area contributed by atoms with Gasteiger partial charge in [-0.3, -0.25) is 4.79 Å². The zero-order chi connectivity index (χ0) is 27.5. The Morgan fingerprint density at radius 3 is 1.95 bits per heavy atom. The van der Waals surface area contributed by atoms with Crippen molar-refractivity contribution in [2.24, 2.45) is 10.9 Å². The summed E-state index contributed by atoms with van der Waals surface area (Å²) in [5, 5.41) is 2.83. The number of methoxy groups -OCH3 is 1. The lowest BCUT2D eigenvalue weighted by Crippen LogP contribution is -2.48. The quantitative estimate of drug-likeness (QED) is 0.140. The van der Waals surface area contributed by atoms with E-state index in [0.29, 0.717) is 23.4 Å². The molecule has 0 heterocycles. The molecule has 2 amide bonds. The van der Waals surface area contributed by atoms with Gasteiger partial charge in [0.25, 0.3) is 0 Å². The topological polar surface area (TPSA) is 103 Å². The van der Waals surface area contributed by atoms with Gasteiger partial charge in [0, 0.05) is 12.3 Å². The van der Waals surface area contributed by atoms with Gasteiger partial charge in [-0.2, -0.15) is 4.99 Å². The Labute approximate surface area is 222 Å². The second-order valence-corrected chi connectivity index (χ2v) is 9.09. The third-order valence-electron chi connectivity index (χ3n) is 6.16. The van der Waals surface area contributed by atoms with E-state index in [1.54, 1.807) is 52.1 Å². The average Bonchev–Trinajstić information content (AvgIpc) is 2.89. The normalized spacial score (nSPS) is 12.9. The molecule has 1 rings (SSSR count). The Balaban J connectivity index is 2.89. The van der Waals surface area contributed by atoms with Gasteiger partial charge in [0.1, 0.15) is 11.8 Å². The molecule has 37 heavy (non-hydrogen) atoms. The molecule has 0 unspecified atom stereocenters. The maximum absolute atomic E-state index is 12.9. The molecule has 1 N–H and O–H groups in total. The van der Waals surface area contributed by atoms with E-state index in [-0.39, 0.29) is 19.1 Å². The molecule has 0 saturated heterocycles. The van der Waals surface area contributed by atoms with Crippen molar-refractivity contribution >= 4 is 23.7 Å². The number of hydrogen-bond donors (Lipinski definition) is 1. The van der Waals surface area contributed by atoms with Crippen LogP contribution in [0.2, 0.25) is 0 Å². The number of amides is 2. The highest BCUT2D eigenvalue weighted by Gasteiger charge is 2.32. The third-order valence-corrected chi connectivity index (χ3v) is 6.16. The van der Waals surface area contributed by atoms with Gasteiger partial charge >= 0.3 is 12.1 Å². The van der Waals surface area contributed by atoms with Crippen LogP contribution in [0, 0.1) is 5.92 Å². The molecule has 0 aromatic heterocycles. The van der Waals surface area contributed by atoms with E-state index in [2.05, 4.69) is 17.2 Å². The highest BCUT2D eigenvalue weighted by molar-refractivity contribution is 6.09. The fourth-order valence-corrected chi connectivity index (χ4v) is 4.06. The van der Waals surface area contributed by atoms with Gasteiger partial charge in [0.15, 0.2) is 0 Å². The molecule has 0 spiro atoms. The van der Waals surface area contributed by atoms with Gasteiger partial charge in [0.2, 0.25) is 5.91 Å². The molecule has 1 aromatic rings. The molecule has 0 aliphatic carbocycles. The summed E-state index contributed by atoms with van der Waals surface area (Å²) in [5.74, 6) is -0.800. The van der Waals surface area contributed by atoms with E-state index in [4.69, 9.17) is 14.2 Å². The average molecular weight is 519 g/mol. The minimum absolute atomic E-state index is 0.170. The van der Waals surface area contributed by atoms with Crippen LogP contribution in [0.1, 0.15) is 97.5 Å². The first-order chi connectivity index (χ1) is 17.9. The number of benzene rings is 1. The van der Waals surface area contributed by atoms with Crippen molar-refractivity contribution in [1.82, 2.24) is 5.32 Å². The van der Waals surface area contributed by atoms with Crippen LogP contribution in [0.4, 0.5) is 4.79 Å². The zero-order valence-corrected chi connectivity index (χ0v) is 23.3. The lowest BCUT2D eigenvalue weighted by molar-refractivity contribution is -0.148. The predicted molar refractivity (Wildman–Crippen MR) is 146 cm³/mol. The van der Waals surface area contributed by atoms with Crippen LogP contribution < -0.4 is 10.1 Å². The number of nitrogens with one attached hydrogen (secondary N) is 1. The number of carbonyl (C=O) groups is 3. The van der Waals surface area contributed by atoms with Gasteiger partial charge in [0.05, 0.1) is 26.0 Å². The van der Waals surface area contributed by atoms with E-state index in [9.17, 15) is 14.4 Å². The van der Waals surface area contributed by atoms with E-state index >= 15 is 0 Å². The molecule has 0 aliphatic heterocycles. The van der Waals surface area contributed by atoms with Crippen LogP contribution in [0.3, 0.4) is 0 Å². The van der Waals surface area contributed by atoms with Crippen LogP contribution in [0.5, 0.6) is 5.75 Å². The number of nitrogens with zero attached hydrogens (tertiary/aromatic N) is 1. The smallest absolute Gasteiger partial charge is 0.433 e. The van der Waals surface area contributed by atoms with Gasteiger partial charge in [-0.25, -0.2) is 9.59 Å².